The van der Waals surface area contributed by atoms with Crippen LogP contribution in [0.4, 0.5) is 0 Å². The van der Waals surface area contributed by atoms with Gasteiger partial charge in [0.25, 0.3) is 0 Å². The molecular formula is C15H18BrN3O. The van der Waals surface area contributed by atoms with Crippen LogP contribution in [0, 0.1) is 5.92 Å². The van der Waals surface area contributed by atoms with Crippen LogP contribution in [0.15, 0.2) is 41.1 Å². The van der Waals surface area contributed by atoms with Crippen molar-refractivity contribution in [3.63, 3.8) is 0 Å². The van der Waals surface area contributed by atoms with E-state index in [0.717, 1.165) is 29.0 Å². The highest BCUT2D eigenvalue weighted by atomic mass is 79.9. The Hall–Kier alpha value is -1.46. The minimum atomic E-state index is 0.500. The summed E-state index contributed by atoms with van der Waals surface area (Å²) in [6.07, 6.45) is 3.38. The van der Waals surface area contributed by atoms with Gasteiger partial charge in [-0.05, 0) is 36.7 Å². The first-order valence-electron chi connectivity index (χ1n) is 6.58. The second kappa shape index (κ2) is 7.36. The van der Waals surface area contributed by atoms with Gasteiger partial charge in [0.05, 0.1) is 18.1 Å². The molecule has 1 N–H and O–H groups in total. The molecular weight excluding hydrogens is 318 g/mol. The lowest BCUT2D eigenvalue weighted by Crippen LogP contribution is -2.19. The highest BCUT2D eigenvalue weighted by molar-refractivity contribution is 9.10. The Labute approximate surface area is 127 Å². The van der Waals surface area contributed by atoms with E-state index in [0.29, 0.717) is 11.8 Å². The van der Waals surface area contributed by atoms with Crippen molar-refractivity contribution in [1.82, 2.24) is 15.3 Å². The van der Waals surface area contributed by atoms with E-state index >= 15 is 0 Å². The SMILES string of the molecule is CC(C)CNCc1cnc(Oc2ccc(Br)cc2)cn1. The quantitative estimate of drug-likeness (QED) is 0.872. The minimum Gasteiger partial charge on any atom is -0.438 e. The molecule has 2 rings (SSSR count). The highest BCUT2D eigenvalue weighted by Gasteiger charge is 2.01. The molecule has 0 aliphatic carbocycles. The number of hydrogen-bond acceptors (Lipinski definition) is 4. The number of halogens is 1. The minimum absolute atomic E-state index is 0.500. The van der Waals surface area contributed by atoms with E-state index in [2.05, 4.69) is 45.1 Å². The molecule has 20 heavy (non-hydrogen) atoms. The van der Waals surface area contributed by atoms with Gasteiger partial charge < -0.3 is 10.1 Å². The zero-order chi connectivity index (χ0) is 14.4. The molecule has 0 spiro atoms. The van der Waals surface area contributed by atoms with Crippen molar-refractivity contribution in [2.75, 3.05) is 6.54 Å². The van der Waals surface area contributed by atoms with E-state index in [1.165, 1.54) is 0 Å². The molecule has 0 fully saturated rings. The fourth-order valence-electron chi connectivity index (χ4n) is 1.60. The van der Waals surface area contributed by atoms with E-state index in [4.69, 9.17) is 4.74 Å². The molecule has 0 saturated carbocycles. The van der Waals surface area contributed by atoms with Crippen LogP contribution in [0.25, 0.3) is 0 Å². The topological polar surface area (TPSA) is 47.0 Å². The predicted molar refractivity (Wildman–Crippen MR) is 82.8 cm³/mol. The Balaban J connectivity index is 1.89. The summed E-state index contributed by atoms with van der Waals surface area (Å²) in [6.45, 7) is 6.05. The van der Waals surface area contributed by atoms with E-state index in [9.17, 15) is 0 Å². The Morgan fingerprint density at radius 2 is 1.90 bits per heavy atom. The van der Waals surface area contributed by atoms with Crippen LogP contribution in [0.3, 0.4) is 0 Å². The van der Waals surface area contributed by atoms with E-state index < -0.39 is 0 Å². The maximum absolute atomic E-state index is 5.62. The van der Waals surface area contributed by atoms with Crippen LogP contribution in [0.5, 0.6) is 11.6 Å². The normalized spacial score (nSPS) is 10.8. The van der Waals surface area contributed by atoms with E-state index in [1.54, 1.807) is 12.4 Å². The number of hydrogen-bond donors (Lipinski definition) is 1. The van der Waals surface area contributed by atoms with Gasteiger partial charge in [-0.15, -0.1) is 0 Å². The molecule has 2 aromatic rings. The number of benzene rings is 1. The van der Waals surface area contributed by atoms with Gasteiger partial charge in [-0.1, -0.05) is 29.8 Å². The first-order valence-corrected chi connectivity index (χ1v) is 7.38. The molecule has 0 amide bonds. The number of nitrogens with zero attached hydrogens (tertiary/aromatic N) is 2. The molecule has 0 aliphatic heterocycles. The second-order valence-corrected chi connectivity index (χ2v) is 5.84. The molecule has 0 saturated heterocycles. The zero-order valence-corrected chi connectivity index (χ0v) is 13.2. The van der Waals surface area contributed by atoms with Crippen LogP contribution in [0.1, 0.15) is 19.5 Å². The molecule has 106 valence electrons. The van der Waals surface area contributed by atoms with Gasteiger partial charge in [0, 0.05) is 11.0 Å². The lowest BCUT2D eigenvalue weighted by molar-refractivity contribution is 0.458. The molecule has 0 radical (unpaired) electrons. The summed E-state index contributed by atoms with van der Waals surface area (Å²) in [5.41, 5.74) is 0.911. The van der Waals surface area contributed by atoms with Crippen molar-refractivity contribution in [3.05, 3.63) is 46.8 Å². The molecule has 1 heterocycles. The standard InChI is InChI=1S/C15H18BrN3O/c1-11(2)7-17-8-13-9-19-15(10-18-13)20-14-5-3-12(16)4-6-14/h3-6,9-11,17H,7-8H2,1-2H3. The van der Waals surface area contributed by atoms with Crippen molar-refractivity contribution >= 4 is 15.9 Å². The summed E-state index contributed by atoms with van der Waals surface area (Å²) in [5.74, 6) is 1.87. The molecule has 0 atom stereocenters. The lowest BCUT2D eigenvalue weighted by Gasteiger charge is -2.07. The van der Waals surface area contributed by atoms with Crippen LogP contribution >= 0.6 is 15.9 Å². The Kier molecular flexibility index (Phi) is 5.49. The van der Waals surface area contributed by atoms with Crippen LogP contribution in [-0.4, -0.2) is 16.5 Å². The van der Waals surface area contributed by atoms with Gasteiger partial charge in [-0.2, -0.15) is 0 Å². The second-order valence-electron chi connectivity index (χ2n) is 4.93. The average molecular weight is 336 g/mol. The van der Waals surface area contributed by atoms with E-state index in [1.807, 2.05) is 24.3 Å². The lowest BCUT2D eigenvalue weighted by atomic mass is 10.2. The highest BCUT2D eigenvalue weighted by Crippen LogP contribution is 2.20. The summed E-state index contributed by atoms with van der Waals surface area (Å²) in [4.78, 5) is 8.59. The summed E-state index contributed by atoms with van der Waals surface area (Å²) in [5, 5.41) is 3.33. The summed E-state index contributed by atoms with van der Waals surface area (Å²) >= 11 is 3.38. The summed E-state index contributed by atoms with van der Waals surface area (Å²) in [6, 6.07) is 7.60. The summed E-state index contributed by atoms with van der Waals surface area (Å²) in [7, 11) is 0. The number of nitrogens with one attached hydrogen (secondary N) is 1. The largest absolute Gasteiger partial charge is 0.438 e. The molecule has 0 unspecified atom stereocenters. The van der Waals surface area contributed by atoms with Crippen LogP contribution in [0.2, 0.25) is 0 Å². The first kappa shape index (κ1) is 14.9. The van der Waals surface area contributed by atoms with E-state index in [-0.39, 0.29) is 0 Å². The van der Waals surface area contributed by atoms with Gasteiger partial charge in [-0.25, -0.2) is 4.98 Å². The zero-order valence-electron chi connectivity index (χ0n) is 11.6. The van der Waals surface area contributed by atoms with Gasteiger partial charge in [0.2, 0.25) is 5.88 Å². The monoisotopic (exact) mass is 335 g/mol. The smallest absolute Gasteiger partial charge is 0.237 e. The average Bonchev–Trinajstić information content (AvgIpc) is 2.43. The fourth-order valence-corrected chi connectivity index (χ4v) is 1.86. The first-order chi connectivity index (χ1) is 9.63. The van der Waals surface area contributed by atoms with Gasteiger partial charge in [0.15, 0.2) is 0 Å². The van der Waals surface area contributed by atoms with Gasteiger partial charge >= 0.3 is 0 Å². The van der Waals surface area contributed by atoms with Crippen LogP contribution < -0.4 is 10.1 Å². The maximum Gasteiger partial charge on any atom is 0.237 e. The van der Waals surface area contributed by atoms with Crippen molar-refractivity contribution in [1.29, 1.82) is 0 Å². The van der Waals surface area contributed by atoms with Crippen LogP contribution in [-0.2, 0) is 6.54 Å². The van der Waals surface area contributed by atoms with Crippen molar-refractivity contribution in [3.8, 4) is 11.6 Å². The third kappa shape index (κ3) is 4.90. The molecule has 1 aromatic carbocycles. The van der Waals surface area contributed by atoms with Crippen molar-refractivity contribution < 1.29 is 4.74 Å². The number of ether oxygens (including phenoxy) is 1. The molecule has 1 aromatic heterocycles. The third-order valence-electron chi connectivity index (χ3n) is 2.58. The Morgan fingerprint density at radius 3 is 2.50 bits per heavy atom. The predicted octanol–water partition coefficient (Wildman–Crippen LogP) is 3.78. The Morgan fingerprint density at radius 1 is 1.15 bits per heavy atom. The Bertz CT molecular complexity index is 526. The molecule has 0 aliphatic rings. The maximum atomic E-state index is 5.62. The molecule has 0 bridgehead atoms. The van der Waals surface area contributed by atoms with Crippen molar-refractivity contribution in [2.24, 2.45) is 5.92 Å². The third-order valence-corrected chi connectivity index (χ3v) is 3.11. The fraction of sp³-hybridized carbons (Fsp3) is 0.333. The number of aromatic nitrogens is 2. The number of rotatable bonds is 6. The summed E-state index contributed by atoms with van der Waals surface area (Å²) < 4.78 is 6.63. The van der Waals surface area contributed by atoms with Gasteiger partial charge in [-0.3, -0.25) is 4.98 Å². The van der Waals surface area contributed by atoms with Gasteiger partial charge in [0.1, 0.15) is 5.75 Å². The molecule has 5 heteroatoms. The van der Waals surface area contributed by atoms with Crippen molar-refractivity contribution in [2.45, 2.75) is 20.4 Å². The molecule has 4 nitrogen and oxygen atoms in total.